The lowest BCUT2D eigenvalue weighted by Crippen LogP contribution is -2.47. The Hall–Kier alpha value is -1.81. The van der Waals surface area contributed by atoms with Crippen LogP contribution < -0.4 is 10.6 Å². The molecule has 0 bridgehead atoms. The van der Waals surface area contributed by atoms with Crippen molar-refractivity contribution in [3.05, 3.63) is 47.5 Å². The van der Waals surface area contributed by atoms with Gasteiger partial charge in [0.1, 0.15) is 0 Å². The molecular weight excluding hydrogens is 288 g/mol. The molecule has 3 N–H and O–H groups in total. The second-order valence-electron chi connectivity index (χ2n) is 7.07. The predicted molar refractivity (Wildman–Crippen MR) is 91.4 cm³/mol. The fraction of sp³-hybridized carbons (Fsp3) is 0.526. The zero-order valence-electron chi connectivity index (χ0n) is 13.7. The van der Waals surface area contributed by atoms with Gasteiger partial charge in [-0.25, -0.2) is 4.79 Å². The molecule has 0 aliphatic heterocycles. The summed E-state index contributed by atoms with van der Waals surface area (Å²) in [6.07, 6.45) is 8.12. The summed E-state index contributed by atoms with van der Waals surface area (Å²) in [6, 6.07) is 8.47. The Balaban J connectivity index is 1.56. The molecule has 1 aromatic rings. The lowest BCUT2D eigenvalue weighted by molar-refractivity contribution is 0.228. The Morgan fingerprint density at radius 2 is 2.17 bits per heavy atom. The maximum absolute atomic E-state index is 12.2. The van der Waals surface area contributed by atoms with E-state index in [9.17, 15) is 4.79 Å². The van der Waals surface area contributed by atoms with E-state index in [1.807, 2.05) is 12.2 Å². The first kappa shape index (κ1) is 16.1. The van der Waals surface area contributed by atoms with E-state index in [1.54, 1.807) is 0 Å². The third-order valence-corrected chi connectivity index (χ3v) is 5.20. The van der Waals surface area contributed by atoms with Crippen LogP contribution in [-0.2, 0) is 11.8 Å². The second-order valence-corrected chi connectivity index (χ2v) is 7.07. The second kappa shape index (κ2) is 6.75. The Labute approximate surface area is 138 Å². The van der Waals surface area contributed by atoms with Crippen LogP contribution in [0.15, 0.2) is 36.4 Å². The molecule has 0 unspecified atom stereocenters. The molecule has 124 valence electrons. The molecular formula is C19H26N2O2. The minimum atomic E-state index is -0.123. The highest BCUT2D eigenvalue weighted by Crippen LogP contribution is 2.36. The zero-order chi connectivity index (χ0) is 16.3. The number of carbonyl (C=O) groups is 1. The van der Waals surface area contributed by atoms with Gasteiger partial charge in [0.05, 0.1) is 0 Å². The first-order valence-electron chi connectivity index (χ1n) is 8.53. The van der Waals surface area contributed by atoms with Crippen LogP contribution in [0, 0.1) is 5.92 Å². The van der Waals surface area contributed by atoms with E-state index in [0.717, 1.165) is 19.3 Å². The third-order valence-electron chi connectivity index (χ3n) is 5.20. The van der Waals surface area contributed by atoms with E-state index in [4.69, 9.17) is 5.11 Å². The van der Waals surface area contributed by atoms with Gasteiger partial charge in [0, 0.05) is 30.5 Å². The minimum absolute atomic E-state index is 0.00529. The van der Waals surface area contributed by atoms with Crippen LogP contribution in [-0.4, -0.2) is 30.3 Å². The van der Waals surface area contributed by atoms with Gasteiger partial charge < -0.3 is 15.7 Å². The maximum atomic E-state index is 12.2. The number of benzene rings is 1. The highest BCUT2D eigenvalue weighted by Gasteiger charge is 2.32. The van der Waals surface area contributed by atoms with Crippen molar-refractivity contribution in [3.8, 4) is 0 Å². The molecule has 0 saturated carbocycles. The highest BCUT2D eigenvalue weighted by atomic mass is 16.3. The van der Waals surface area contributed by atoms with Gasteiger partial charge in [-0.2, -0.15) is 0 Å². The Morgan fingerprint density at radius 3 is 2.96 bits per heavy atom. The van der Waals surface area contributed by atoms with E-state index in [2.05, 4.69) is 41.8 Å². The van der Waals surface area contributed by atoms with Crippen molar-refractivity contribution in [1.29, 1.82) is 0 Å². The molecule has 23 heavy (non-hydrogen) atoms. The summed E-state index contributed by atoms with van der Waals surface area (Å²) < 4.78 is 0. The summed E-state index contributed by atoms with van der Waals surface area (Å²) in [4.78, 5) is 12.2. The summed E-state index contributed by atoms with van der Waals surface area (Å²) in [6.45, 7) is 3.03. The summed E-state index contributed by atoms with van der Waals surface area (Å²) in [5.41, 5.74) is 2.78. The summed E-state index contributed by atoms with van der Waals surface area (Å²) in [5, 5.41) is 15.2. The topological polar surface area (TPSA) is 61.4 Å². The van der Waals surface area contributed by atoms with Gasteiger partial charge in [-0.3, -0.25) is 0 Å². The van der Waals surface area contributed by atoms with Gasteiger partial charge in [0.15, 0.2) is 0 Å². The molecule has 3 rings (SSSR count). The first-order chi connectivity index (χ1) is 11.1. The van der Waals surface area contributed by atoms with Crippen molar-refractivity contribution in [2.24, 2.45) is 5.92 Å². The van der Waals surface area contributed by atoms with Gasteiger partial charge in [-0.1, -0.05) is 43.3 Å². The average Bonchev–Trinajstić information content (AvgIpc) is 3.01. The number of urea groups is 1. The SMILES string of the molecule is C[C@]1(CNC(=O)N[C@@H]2C=C[C@H](CO)C2)CCCc2ccccc21. The van der Waals surface area contributed by atoms with Gasteiger partial charge in [-0.15, -0.1) is 0 Å². The molecule has 0 aromatic heterocycles. The molecule has 0 spiro atoms. The monoisotopic (exact) mass is 314 g/mol. The summed E-state index contributed by atoms with van der Waals surface area (Å²) in [5.74, 6) is 0.169. The number of fused-ring (bicyclic) bond motifs is 1. The molecule has 2 aliphatic carbocycles. The molecule has 0 heterocycles. The Morgan fingerprint density at radius 1 is 1.35 bits per heavy atom. The van der Waals surface area contributed by atoms with E-state index >= 15 is 0 Å². The van der Waals surface area contributed by atoms with Gasteiger partial charge in [0.25, 0.3) is 0 Å². The third kappa shape index (κ3) is 3.58. The molecule has 2 amide bonds. The average molecular weight is 314 g/mol. The van der Waals surface area contributed by atoms with Gasteiger partial charge in [-0.05, 0) is 36.8 Å². The van der Waals surface area contributed by atoms with Crippen LogP contribution in [0.3, 0.4) is 0 Å². The number of nitrogens with one attached hydrogen (secondary N) is 2. The molecule has 3 atom stereocenters. The van der Waals surface area contributed by atoms with Crippen molar-refractivity contribution in [2.75, 3.05) is 13.2 Å². The van der Waals surface area contributed by atoms with Gasteiger partial charge in [0.2, 0.25) is 0 Å². The van der Waals surface area contributed by atoms with E-state index in [1.165, 1.54) is 17.5 Å². The number of aryl methyl sites for hydroxylation is 1. The zero-order valence-corrected chi connectivity index (χ0v) is 13.7. The summed E-state index contributed by atoms with van der Waals surface area (Å²) >= 11 is 0. The normalized spacial score (nSPS) is 29.1. The number of hydrogen-bond acceptors (Lipinski definition) is 2. The molecule has 0 radical (unpaired) electrons. The van der Waals surface area contributed by atoms with E-state index in [0.29, 0.717) is 6.54 Å². The van der Waals surface area contributed by atoms with Crippen molar-refractivity contribution < 1.29 is 9.90 Å². The minimum Gasteiger partial charge on any atom is -0.396 e. The van der Waals surface area contributed by atoms with Crippen molar-refractivity contribution in [1.82, 2.24) is 10.6 Å². The first-order valence-corrected chi connectivity index (χ1v) is 8.53. The maximum Gasteiger partial charge on any atom is 0.315 e. The predicted octanol–water partition coefficient (Wildman–Crippen LogP) is 2.52. The number of amides is 2. The van der Waals surface area contributed by atoms with Crippen LogP contribution in [0.25, 0.3) is 0 Å². The molecule has 2 aliphatic rings. The number of aliphatic hydroxyl groups excluding tert-OH is 1. The van der Waals surface area contributed by atoms with Crippen LogP contribution in [0.1, 0.15) is 37.3 Å². The standard InChI is InChI=1S/C19H26N2O2/c1-19(10-4-6-15-5-2-3-7-17(15)19)13-20-18(23)21-16-9-8-14(11-16)12-22/h2-3,5,7-9,14,16,22H,4,6,10-13H2,1H3,(H2,20,21,23)/t14-,16+,19+/m0/s1. The van der Waals surface area contributed by atoms with Crippen molar-refractivity contribution in [2.45, 2.75) is 44.1 Å². The van der Waals surface area contributed by atoms with Crippen LogP contribution in [0.5, 0.6) is 0 Å². The number of rotatable bonds is 4. The van der Waals surface area contributed by atoms with Crippen LogP contribution in [0.4, 0.5) is 4.79 Å². The largest absolute Gasteiger partial charge is 0.396 e. The Kier molecular flexibility index (Phi) is 4.71. The molecule has 0 saturated heterocycles. The number of carbonyl (C=O) groups excluding carboxylic acids is 1. The van der Waals surface area contributed by atoms with Crippen LogP contribution >= 0.6 is 0 Å². The van der Waals surface area contributed by atoms with E-state index in [-0.39, 0.29) is 30.0 Å². The fourth-order valence-electron chi connectivity index (χ4n) is 3.83. The molecule has 4 nitrogen and oxygen atoms in total. The van der Waals surface area contributed by atoms with Gasteiger partial charge >= 0.3 is 6.03 Å². The molecule has 1 aromatic carbocycles. The number of hydrogen-bond donors (Lipinski definition) is 3. The fourth-order valence-corrected chi connectivity index (χ4v) is 3.83. The quantitative estimate of drug-likeness (QED) is 0.748. The van der Waals surface area contributed by atoms with Crippen LogP contribution in [0.2, 0.25) is 0 Å². The molecule has 4 heteroatoms. The van der Waals surface area contributed by atoms with Crippen molar-refractivity contribution in [3.63, 3.8) is 0 Å². The highest BCUT2D eigenvalue weighted by molar-refractivity contribution is 5.74. The lowest BCUT2D eigenvalue weighted by Gasteiger charge is -2.36. The molecule has 0 fully saturated rings. The smallest absolute Gasteiger partial charge is 0.315 e. The van der Waals surface area contributed by atoms with E-state index < -0.39 is 0 Å². The Bertz CT molecular complexity index is 599. The number of aliphatic hydroxyl groups is 1. The van der Waals surface area contributed by atoms with Crippen molar-refractivity contribution >= 4 is 6.03 Å². The lowest BCUT2D eigenvalue weighted by atomic mass is 9.71. The summed E-state index contributed by atoms with van der Waals surface area (Å²) in [7, 11) is 0.